The summed E-state index contributed by atoms with van der Waals surface area (Å²) in [6.07, 6.45) is 4.14. The normalized spacial score (nSPS) is 19.4. The second-order valence-corrected chi connectivity index (χ2v) is 4.55. The van der Waals surface area contributed by atoms with Gasteiger partial charge in [0.15, 0.2) is 5.69 Å². The number of nitrogens with zero attached hydrogens (tertiary/aromatic N) is 2. The van der Waals surface area contributed by atoms with Crippen LogP contribution in [0.4, 0.5) is 0 Å². The quantitative estimate of drug-likeness (QED) is 0.911. The number of hydrogen-bond acceptors (Lipinski definition) is 4. The van der Waals surface area contributed by atoms with Gasteiger partial charge in [-0.25, -0.2) is 0 Å². The Morgan fingerprint density at radius 1 is 1.61 bits per heavy atom. The Labute approximate surface area is 113 Å². The van der Waals surface area contributed by atoms with Crippen molar-refractivity contribution in [2.75, 3.05) is 13.1 Å². The maximum Gasteiger partial charge on any atom is 0.276 e. The first kappa shape index (κ1) is 15.0. The highest BCUT2D eigenvalue weighted by Crippen LogP contribution is 2.21. The summed E-state index contributed by atoms with van der Waals surface area (Å²) in [5.74, 6) is 0.640. The maximum atomic E-state index is 12.3. The highest BCUT2D eigenvalue weighted by Gasteiger charge is 2.28. The topological polar surface area (TPSA) is 72.4 Å². The van der Waals surface area contributed by atoms with Gasteiger partial charge in [-0.2, -0.15) is 0 Å². The van der Waals surface area contributed by atoms with Crippen molar-refractivity contribution in [2.45, 2.75) is 38.6 Å². The Bertz CT molecular complexity index is 392. The number of amides is 1. The number of rotatable bonds is 3. The SMILES string of the molecule is Cc1cc(C(=O)N2CCCCC2CCN)no1.Cl. The van der Waals surface area contributed by atoms with Gasteiger partial charge in [0.05, 0.1) is 0 Å². The summed E-state index contributed by atoms with van der Waals surface area (Å²) >= 11 is 0. The zero-order chi connectivity index (χ0) is 12.3. The predicted octanol–water partition coefficient (Wildman–Crippen LogP) is 1.75. The van der Waals surface area contributed by atoms with Crippen LogP contribution in [0.25, 0.3) is 0 Å². The smallest absolute Gasteiger partial charge is 0.276 e. The van der Waals surface area contributed by atoms with Crippen LogP contribution in [-0.4, -0.2) is 35.1 Å². The molecule has 2 heterocycles. The molecule has 1 amide bonds. The van der Waals surface area contributed by atoms with Crippen molar-refractivity contribution < 1.29 is 9.32 Å². The lowest BCUT2D eigenvalue weighted by atomic mass is 9.99. The van der Waals surface area contributed by atoms with Crippen molar-refractivity contribution in [1.29, 1.82) is 0 Å². The second-order valence-electron chi connectivity index (χ2n) is 4.55. The Morgan fingerprint density at radius 3 is 3.00 bits per heavy atom. The van der Waals surface area contributed by atoms with E-state index in [0.717, 1.165) is 25.8 Å². The van der Waals surface area contributed by atoms with Crippen LogP contribution in [0.2, 0.25) is 0 Å². The minimum Gasteiger partial charge on any atom is -0.361 e. The van der Waals surface area contributed by atoms with Crippen LogP contribution in [0.15, 0.2) is 10.6 Å². The lowest BCUT2D eigenvalue weighted by molar-refractivity contribution is 0.0594. The molecule has 0 aromatic carbocycles. The molecule has 1 aromatic heterocycles. The second kappa shape index (κ2) is 6.75. The number of likely N-dealkylation sites (tertiary alicyclic amines) is 1. The molecule has 1 fully saturated rings. The molecule has 2 rings (SSSR count). The molecule has 0 radical (unpaired) electrons. The zero-order valence-corrected chi connectivity index (χ0v) is 11.4. The maximum absolute atomic E-state index is 12.3. The average molecular weight is 274 g/mol. The number of carbonyl (C=O) groups is 1. The zero-order valence-electron chi connectivity index (χ0n) is 10.6. The highest BCUT2D eigenvalue weighted by atomic mass is 35.5. The molecule has 2 N–H and O–H groups in total. The predicted molar refractivity (Wildman–Crippen MR) is 70.8 cm³/mol. The Kier molecular flexibility index (Phi) is 5.62. The van der Waals surface area contributed by atoms with Gasteiger partial charge in [-0.3, -0.25) is 4.79 Å². The van der Waals surface area contributed by atoms with Crippen molar-refractivity contribution in [2.24, 2.45) is 5.73 Å². The third kappa shape index (κ3) is 3.23. The minimum atomic E-state index is -0.0278. The van der Waals surface area contributed by atoms with Crippen LogP contribution >= 0.6 is 12.4 Å². The summed E-state index contributed by atoms with van der Waals surface area (Å²) in [7, 11) is 0. The number of piperidine rings is 1. The first-order valence-electron chi connectivity index (χ1n) is 6.16. The van der Waals surface area contributed by atoms with Crippen LogP contribution in [0, 0.1) is 6.92 Å². The standard InChI is InChI=1S/C12H19N3O2.ClH/c1-9-8-11(14-17-9)12(16)15-7-3-2-4-10(15)5-6-13;/h8,10H,2-7,13H2,1H3;1H. The van der Waals surface area contributed by atoms with Crippen LogP contribution in [0.5, 0.6) is 0 Å². The number of hydrogen-bond donors (Lipinski definition) is 1. The summed E-state index contributed by atoms with van der Waals surface area (Å²) in [5, 5.41) is 3.79. The highest BCUT2D eigenvalue weighted by molar-refractivity contribution is 5.92. The molecule has 1 aliphatic heterocycles. The van der Waals surface area contributed by atoms with Crippen LogP contribution in [0.1, 0.15) is 41.9 Å². The number of aryl methyl sites for hydroxylation is 1. The van der Waals surface area contributed by atoms with Gasteiger partial charge in [0.25, 0.3) is 5.91 Å². The molecule has 0 bridgehead atoms. The Hall–Kier alpha value is -1.07. The van der Waals surface area contributed by atoms with Gasteiger partial charge in [-0.1, -0.05) is 5.16 Å². The van der Waals surface area contributed by atoms with Gasteiger partial charge < -0.3 is 15.2 Å². The average Bonchev–Trinajstić information content (AvgIpc) is 2.76. The molecular weight excluding hydrogens is 254 g/mol. The molecule has 1 atom stereocenters. The van der Waals surface area contributed by atoms with E-state index in [1.807, 2.05) is 4.90 Å². The fourth-order valence-corrected chi connectivity index (χ4v) is 2.37. The summed E-state index contributed by atoms with van der Waals surface area (Å²) in [6.45, 7) is 3.21. The fraction of sp³-hybridized carbons (Fsp3) is 0.667. The molecule has 1 aromatic rings. The van der Waals surface area contributed by atoms with Crippen LogP contribution in [-0.2, 0) is 0 Å². The lowest BCUT2D eigenvalue weighted by Crippen LogP contribution is -2.44. The Morgan fingerprint density at radius 2 is 2.39 bits per heavy atom. The van der Waals surface area contributed by atoms with Gasteiger partial charge in [-0.15, -0.1) is 12.4 Å². The van der Waals surface area contributed by atoms with Gasteiger partial charge in [-0.05, 0) is 39.2 Å². The Balaban J connectivity index is 0.00000162. The third-order valence-corrected chi connectivity index (χ3v) is 3.23. The van der Waals surface area contributed by atoms with Gasteiger partial charge in [0.1, 0.15) is 5.76 Å². The van der Waals surface area contributed by atoms with E-state index in [1.165, 1.54) is 6.42 Å². The van der Waals surface area contributed by atoms with E-state index in [-0.39, 0.29) is 24.4 Å². The van der Waals surface area contributed by atoms with E-state index < -0.39 is 0 Å². The van der Waals surface area contributed by atoms with Gasteiger partial charge >= 0.3 is 0 Å². The summed E-state index contributed by atoms with van der Waals surface area (Å²) in [5.41, 5.74) is 6.00. The van der Waals surface area contributed by atoms with E-state index >= 15 is 0 Å². The summed E-state index contributed by atoms with van der Waals surface area (Å²) < 4.78 is 4.95. The van der Waals surface area contributed by atoms with Crippen molar-refractivity contribution >= 4 is 18.3 Å². The van der Waals surface area contributed by atoms with Crippen LogP contribution in [0.3, 0.4) is 0 Å². The van der Waals surface area contributed by atoms with Gasteiger partial charge in [0, 0.05) is 18.7 Å². The summed E-state index contributed by atoms with van der Waals surface area (Å²) in [4.78, 5) is 14.2. The molecule has 1 saturated heterocycles. The molecule has 0 saturated carbocycles. The third-order valence-electron chi connectivity index (χ3n) is 3.23. The fourth-order valence-electron chi connectivity index (χ4n) is 2.37. The molecule has 6 heteroatoms. The van der Waals surface area contributed by atoms with Gasteiger partial charge in [0.2, 0.25) is 0 Å². The largest absolute Gasteiger partial charge is 0.361 e. The van der Waals surface area contributed by atoms with Crippen molar-refractivity contribution in [3.05, 3.63) is 17.5 Å². The monoisotopic (exact) mass is 273 g/mol. The molecule has 5 nitrogen and oxygen atoms in total. The minimum absolute atomic E-state index is 0. The van der Waals surface area contributed by atoms with E-state index in [0.29, 0.717) is 18.0 Å². The summed E-state index contributed by atoms with van der Waals surface area (Å²) in [6, 6.07) is 1.95. The number of nitrogens with two attached hydrogens (primary N) is 1. The van der Waals surface area contributed by atoms with Crippen molar-refractivity contribution in [3.63, 3.8) is 0 Å². The van der Waals surface area contributed by atoms with E-state index in [4.69, 9.17) is 10.3 Å². The van der Waals surface area contributed by atoms with Crippen LogP contribution < -0.4 is 5.73 Å². The first-order chi connectivity index (χ1) is 8.22. The molecule has 102 valence electrons. The van der Waals surface area contributed by atoms with E-state index in [2.05, 4.69) is 5.16 Å². The first-order valence-corrected chi connectivity index (χ1v) is 6.16. The molecule has 0 spiro atoms. The van der Waals surface area contributed by atoms with E-state index in [1.54, 1.807) is 13.0 Å². The number of carbonyl (C=O) groups excluding carboxylic acids is 1. The van der Waals surface area contributed by atoms with E-state index in [9.17, 15) is 4.79 Å². The molecular formula is C12H20ClN3O2. The number of halogens is 1. The molecule has 1 aliphatic rings. The van der Waals surface area contributed by atoms with Crippen molar-refractivity contribution in [1.82, 2.24) is 10.1 Å². The number of aromatic nitrogens is 1. The molecule has 0 aliphatic carbocycles. The molecule has 1 unspecified atom stereocenters. The lowest BCUT2D eigenvalue weighted by Gasteiger charge is -2.35. The molecule has 18 heavy (non-hydrogen) atoms. The van der Waals surface area contributed by atoms with Crippen molar-refractivity contribution in [3.8, 4) is 0 Å².